The Balaban J connectivity index is 1.75. The maximum absolute atomic E-state index is 11.9. The number of ether oxygens (including phenoxy) is 1. The lowest BCUT2D eigenvalue weighted by Crippen LogP contribution is -2.43. The van der Waals surface area contributed by atoms with E-state index in [-0.39, 0.29) is 12.6 Å². The molecule has 0 radical (unpaired) electrons. The number of amides is 2. The van der Waals surface area contributed by atoms with Crippen molar-refractivity contribution >= 4 is 6.03 Å². The number of carbonyl (C=O) groups is 1. The highest BCUT2D eigenvalue weighted by Crippen LogP contribution is 2.21. The normalized spacial score (nSPS) is 13.2. The molecule has 1 unspecified atom stereocenters. The summed E-state index contributed by atoms with van der Waals surface area (Å²) < 4.78 is 10.6. The second-order valence-corrected chi connectivity index (χ2v) is 5.90. The van der Waals surface area contributed by atoms with Crippen molar-refractivity contribution in [2.75, 3.05) is 20.2 Å². The number of hydrogen-bond acceptors (Lipinski definition) is 4. The van der Waals surface area contributed by atoms with Crippen LogP contribution in [0, 0.1) is 6.92 Å². The zero-order chi connectivity index (χ0) is 17.6. The zero-order valence-electron chi connectivity index (χ0n) is 14.3. The summed E-state index contributed by atoms with van der Waals surface area (Å²) in [5, 5.41) is 15.8. The average molecular weight is 332 g/mol. The van der Waals surface area contributed by atoms with Gasteiger partial charge in [-0.2, -0.15) is 0 Å². The van der Waals surface area contributed by atoms with Crippen molar-refractivity contribution < 1.29 is 19.1 Å². The summed E-state index contributed by atoms with van der Waals surface area (Å²) in [7, 11) is 1.62. The number of aliphatic hydroxyl groups is 1. The van der Waals surface area contributed by atoms with Crippen LogP contribution in [0.2, 0.25) is 0 Å². The van der Waals surface area contributed by atoms with Gasteiger partial charge in [0.1, 0.15) is 22.9 Å². The highest BCUT2D eigenvalue weighted by atomic mass is 16.5. The Labute approximate surface area is 141 Å². The van der Waals surface area contributed by atoms with Crippen molar-refractivity contribution in [2.45, 2.75) is 25.9 Å². The van der Waals surface area contributed by atoms with Crippen LogP contribution >= 0.6 is 0 Å². The molecule has 3 N–H and O–H groups in total. The van der Waals surface area contributed by atoms with E-state index in [4.69, 9.17) is 9.15 Å². The molecular formula is C18H24N2O4. The van der Waals surface area contributed by atoms with Crippen molar-refractivity contribution in [3.63, 3.8) is 0 Å². The summed E-state index contributed by atoms with van der Waals surface area (Å²) in [5.41, 5.74) is -0.175. The van der Waals surface area contributed by atoms with Gasteiger partial charge in [0, 0.05) is 6.54 Å². The number of methoxy groups -OCH3 is 1. The van der Waals surface area contributed by atoms with Crippen LogP contribution in [0.15, 0.2) is 40.8 Å². The average Bonchev–Trinajstić information content (AvgIpc) is 3.01. The Morgan fingerprint density at radius 2 is 2.08 bits per heavy atom. The van der Waals surface area contributed by atoms with E-state index in [0.29, 0.717) is 24.5 Å². The van der Waals surface area contributed by atoms with Crippen molar-refractivity contribution in [3.05, 3.63) is 53.5 Å². The highest BCUT2D eigenvalue weighted by Gasteiger charge is 2.27. The summed E-state index contributed by atoms with van der Waals surface area (Å²) in [6.07, 6.45) is 0.693. The molecular weight excluding hydrogens is 308 g/mol. The minimum Gasteiger partial charge on any atom is -0.497 e. The van der Waals surface area contributed by atoms with Crippen molar-refractivity contribution in [2.24, 2.45) is 0 Å². The largest absolute Gasteiger partial charge is 0.497 e. The molecule has 0 saturated carbocycles. The third-order valence-corrected chi connectivity index (χ3v) is 3.70. The minimum absolute atomic E-state index is 0.0605. The Kier molecular flexibility index (Phi) is 5.87. The second kappa shape index (κ2) is 7.88. The molecule has 0 spiro atoms. The monoisotopic (exact) mass is 332 g/mol. The van der Waals surface area contributed by atoms with E-state index in [2.05, 4.69) is 10.6 Å². The van der Waals surface area contributed by atoms with Crippen molar-refractivity contribution in [1.82, 2.24) is 10.6 Å². The van der Waals surface area contributed by atoms with Gasteiger partial charge in [-0.3, -0.25) is 0 Å². The van der Waals surface area contributed by atoms with Crippen LogP contribution in [0.4, 0.5) is 4.79 Å². The summed E-state index contributed by atoms with van der Waals surface area (Å²) in [6.45, 7) is 3.95. The predicted molar refractivity (Wildman–Crippen MR) is 91.1 cm³/mol. The Bertz CT molecular complexity index is 679. The van der Waals surface area contributed by atoms with Crippen LogP contribution in [0.5, 0.6) is 5.75 Å². The van der Waals surface area contributed by atoms with E-state index in [1.54, 1.807) is 33.1 Å². The molecule has 0 aliphatic carbocycles. The smallest absolute Gasteiger partial charge is 0.314 e. The molecule has 2 aromatic rings. The molecule has 0 bridgehead atoms. The second-order valence-electron chi connectivity index (χ2n) is 5.90. The Morgan fingerprint density at radius 1 is 1.29 bits per heavy atom. The van der Waals surface area contributed by atoms with Gasteiger partial charge in [-0.05, 0) is 50.1 Å². The number of carbonyl (C=O) groups excluding carboxylic acids is 1. The number of furan rings is 1. The number of benzene rings is 1. The quantitative estimate of drug-likeness (QED) is 0.727. The molecule has 1 aromatic heterocycles. The first-order valence-corrected chi connectivity index (χ1v) is 7.84. The van der Waals surface area contributed by atoms with Crippen LogP contribution in [-0.2, 0) is 12.0 Å². The number of urea groups is 1. The Morgan fingerprint density at radius 3 is 2.75 bits per heavy atom. The lowest BCUT2D eigenvalue weighted by Gasteiger charge is -2.21. The fourth-order valence-corrected chi connectivity index (χ4v) is 2.27. The van der Waals surface area contributed by atoms with Gasteiger partial charge in [0.15, 0.2) is 0 Å². The molecule has 0 fully saturated rings. The van der Waals surface area contributed by atoms with E-state index >= 15 is 0 Å². The zero-order valence-corrected chi connectivity index (χ0v) is 14.3. The molecule has 1 heterocycles. The van der Waals surface area contributed by atoms with Gasteiger partial charge in [0.25, 0.3) is 0 Å². The van der Waals surface area contributed by atoms with Crippen LogP contribution in [0.25, 0.3) is 0 Å². The fourth-order valence-electron chi connectivity index (χ4n) is 2.27. The van der Waals surface area contributed by atoms with Crippen molar-refractivity contribution in [1.29, 1.82) is 0 Å². The molecule has 0 aliphatic heterocycles. The highest BCUT2D eigenvalue weighted by molar-refractivity contribution is 5.73. The van der Waals surface area contributed by atoms with Gasteiger partial charge in [-0.25, -0.2) is 4.79 Å². The molecule has 1 aromatic carbocycles. The molecule has 130 valence electrons. The number of nitrogens with one attached hydrogen (secondary N) is 2. The van der Waals surface area contributed by atoms with Crippen LogP contribution in [0.1, 0.15) is 24.0 Å². The van der Waals surface area contributed by atoms with Gasteiger partial charge in [-0.15, -0.1) is 0 Å². The van der Waals surface area contributed by atoms with Gasteiger partial charge in [0.05, 0.1) is 13.7 Å². The van der Waals surface area contributed by atoms with Gasteiger partial charge >= 0.3 is 6.03 Å². The molecule has 24 heavy (non-hydrogen) atoms. The van der Waals surface area contributed by atoms with Crippen molar-refractivity contribution in [3.8, 4) is 5.75 Å². The SMILES string of the molecule is COc1cccc(CCNC(=O)NCC(C)(O)c2ccc(C)o2)c1. The molecule has 6 heteroatoms. The van der Waals surface area contributed by atoms with Gasteiger partial charge in [-0.1, -0.05) is 12.1 Å². The summed E-state index contributed by atoms with van der Waals surface area (Å²) in [6, 6.07) is 10.9. The number of rotatable bonds is 7. The van der Waals surface area contributed by atoms with E-state index in [0.717, 1.165) is 11.3 Å². The molecule has 6 nitrogen and oxygen atoms in total. The standard InChI is InChI=1S/C18H24N2O4/c1-13-7-8-16(24-13)18(2,22)12-20-17(21)19-10-9-14-5-4-6-15(11-14)23-3/h4-8,11,22H,9-10,12H2,1-3H3,(H2,19,20,21). The molecule has 0 aliphatic rings. The third-order valence-electron chi connectivity index (χ3n) is 3.70. The van der Waals surface area contributed by atoms with E-state index < -0.39 is 5.60 Å². The van der Waals surface area contributed by atoms with E-state index in [9.17, 15) is 9.90 Å². The Hall–Kier alpha value is -2.47. The van der Waals surface area contributed by atoms with E-state index in [1.807, 2.05) is 24.3 Å². The van der Waals surface area contributed by atoms with E-state index in [1.165, 1.54) is 0 Å². The number of aryl methyl sites for hydroxylation is 1. The third kappa shape index (κ3) is 5.03. The maximum Gasteiger partial charge on any atom is 0.314 e. The molecule has 0 saturated heterocycles. The summed E-state index contributed by atoms with van der Waals surface area (Å²) >= 11 is 0. The number of hydrogen-bond donors (Lipinski definition) is 3. The van der Waals surface area contributed by atoms with Crippen LogP contribution in [-0.4, -0.2) is 31.3 Å². The maximum atomic E-state index is 11.9. The lowest BCUT2D eigenvalue weighted by molar-refractivity contribution is 0.0360. The first kappa shape index (κ1) is 17.9. The first-order valence-electron chi connectivity index (χ1n) is 7.84. The molecule has 1 atom stereocenters. The molecule has 2 amide bonds. The van der Waals surface area contributed by atoms with Crippen LogP contribution < -0.4 is 15.4 Å². The first-order chi connectivity index (χ1) is 11.4. The lowest BCUT2D eigenvalue weighted by atomic mass is 10.0. The minimum atomic E-state index is -1.25. The fraction of sp³-hybridized carbons (Fsp3) is 0.389. The van der Waals surface area contributed by atoms with Gasteiger partial charge < -0.3 is 24.9 Å². The topological polar surface area (TPSA) is 83.7 Å². The molecule has 2 rings (SSSR count). The predicted octanol–water partition coefficient (Wildman–Crippen LogP) is 2.35. The summed E-state index contributed by atoms with van der Waals surface area (Å²) in [5.74, 6) is 1.94. The summed E-state index contributed by atoms with van der Waals surface area (Å²) in [4.78, 5) is 11.9. The van der Waals surface area contributed by atoms with Gasteiger partial charge in [0.2, 0.25) is 0 Å². The van der Waals surface area contributed by atoms with Crippen LogP contribution in [0.3, 0.4) is 0 Å².